The van der Waals surface area contributed by atoms with Crippen LogP contribution in [0.3, 0.4) is 0 Å². The molecule has 0 fully saturated rings. The molecule has 0 atom stereocenters. The van der Waals surface area contributed by atoms with Crippen LogP contribution in [-0.2, 0) is 16.6 Å². The molecule has 1 aromatic rings. The van der Waals surface area contributed by atoms with Crippen LogP contribution >= 0.6 is 0 Å². The molecule has 1 rings (SSSR count). The summed E-state index contributed by atoms with van der Waals surface area (Å²) in [4.78, 5) is 0.112. The SMILES string of the molecule is Cc1[nH]nc(CO)c1S(=O)(=O)N(CC(C)C)CC(C)C. The zero-order chi connectivity index (χ0) is 15.5. The van der Waals surface area contributed by atoms with Gasteiger partial charge in [0.2, 0.25) is 10.0 Å². The number of hydrogen-bond donors (Lipinski definition) is 2. The number of sulfonamides is 1. The molecule has 0 aliphatic heterocycles. The number of rotatable bonds is 7. The maximum Gasteiger partial charge on any atom is 0.246 e. The lowest BCUT2D eigenvalue weighted by Gasteiger charge is -2.25. The van der Waals surface area contributed by atoms with Crippen molar-refractivity contribution in [1.29, 1.82) is 0 Å². The second-order valence-corrected chi connectivity index (χ2v) is 7.77. The predicted octanol–water partition coefficient (Wildman–Crippen LogP) is 1.51. The van der Waals surface area contributed by atoms with Crippen LogP contribution in [0.25, 0.3) is 0 Å². The minimum atomic E-state index is -3.64. The summed E-state index contributed by atoms with van der Waals surface area (Å²) in [6.45, 7) is 10.1. The molecule has 20 heavy (non-hydrogen) atoms. The third-order valence-electron chi connectivity index (χ3n) is 2.85. The average Bonchev–Trinajstić information content (AvgIpc) is 2.68. The van der Waals surface area contributed by atoms with Crippen LogP contribution in [-0.4, -0.2) is 41.1 Å². The second kappa shape index (κ2) is 6.69. The zero-order valence-electron chi connectivity index (χ0n) is 12.8. The molecule has 0 aromatic carbocycles. The van der Waals surface area contributed by atoms with Crippen molar-refractivity contribution in [3.8, 4) is 0 Å². The highest BCUT2D eigenvalue weighted by Gasteiger charge is 2.31. The molecule has 0 radical (unpaired) electrons. The maximum absolute atomic E-state index is 12.8. The van der Waals surface area contributed by atoms with Crippen molar-refractivity contribution in [2.75, 3.05) is 13.1 Å². The van der Waals surface area contributed by atoms with Crippen molar-refractivity contribution in [1.82, 2.24) is 14.5 Å². The molecular weight excluding hydrogens is 278 g/mol. The zero-order valence-corrected chi connectivity index (χ0v) is 13.7. The van der Waals surface area contributed by atoms with E-state index in [1.807, 2.05) is 27.7 Å². The van der Waals surface area contributed by atoms with Gasteiger partial charge in [0.1, 0.15) is 10.6 Å². The molecule has 2 N–H and O–H groups in total. The summed E-state index contributed by atoms with van der Waals surface area (Å²) in [6.07, 6.45) is 0. The number of nitrogens with one attached hydrogen (secondary N) is 1. The number of nitrogens with zero attached hydrogens (tertiary/aromatic N) is 2. The van der Waals surface area contributed by atoms with Gasteiger partial charge in [0.05, 0.1) is 12.3 Å². The van der Waals surface area contributed by atoms with Gasteiger partial charge in [0, 0.05) is 13.1 Å². The van der Waals surface area contributed by atoms with Gasteiger partial charge in [-0.25, -0.2) is 8.42 Å². The third-order valence-corrected chi connectivity index (χ3v) is 4.88. The summed E-state index contributed by atoms with van der Waals surface area (Å²) in [7, 11) is -3.64. The van der Waals surface area contributed by atoms with Gasteiger partial charge in [0.25, 0.3) is 0 Å². The Bertz CT molecular complexity index is 525. The van der Waals surface area contributed by atoms with Crippen molar-refractivity contribution < 1.29 is 13.5 Å². The van der Waals surface area contributed by atoms with Gasteiger partial charge in [0.15, 0.2) is 0 Å². The molecule has 1 heterocycles. The number of aliphatic hydroxyl groups excluding tert-OH is 1. The molecule has 116 valence electrons. The van der Waals surface area contributed by atoms with E-state index in [0.29, 0.717) is 18.8 Å². The summed E-state index contributed by atoms with van der Waals surface area (Å²) >= 11 is 0. The van der Waals surface area contributed by atoms with E-state index in [0.717, 1.165) is 0 Å². The van der Waals surface area contributed by atoms with Gasteiger partial charge in [-0.2, -0.15) is 9.40 Å². The van der Waals surface area contributed by atoms with E-state index in [9.17, 15) is 13.5 Å². The highest BCUT2D eigenvalue weighted by molar-refractivity contribution is 7.89. The Morgan fingerprint density at radius 3 is 2.10 bits per heavy atom. The molecule has 0 amide bonds. The number of aromatic amines is 1. The van der Waals surface area contributed by atoms with E-state index in [-0.39, 0.29) is 22.4 Å². The fourth-order valence-corrected chi connectivity index (χ4v) is 4.22. The van der Waals surface area contributed by atoms with E-state index < -0.39 is 16.6 Å². The summed E-state index contributed by atoms with van der Waals surface area (Å²) in [5, 5.41) is 15.8. The fraction of sp³-hybridized carbons (Fsp3) is 0.769. The molecule has 0 bridgehead atoms. The first-order valence-electron chi connectivity index (χ1n) is 6.85. The molecule has 1 aromatic heterocycles. The molecule has 0 saturated heterocycles. The molecule has 0 aliphatic rings. The highest BCUT2D eigenvalue weighted by atomic mass is 32.2. The van der Waals surface area contributed by atoms with Crippen LogP contribution < -0.4 is 0 Å². The topological polar surface area (TPSA) is 86.3 Å². The van der Waals surface area contributed by atoms with Crippen molar-refractivity contribution >= 4 is 10.0 Å². The third kappa shape index (κ3) is 3.80. The van der Waals surface area contributed by atoms with E-state index in [1.54, 1.807) is 6.92 Å². The average molecular weight is 303 g/mol. The van der Waals surface area contributed by atoms with E-state index in [1.165, 1.54) is 4.31 Å². The van der Waals surface area contributed by atoms with Gasteiger partial charge >= 0.3 is 0 Å². The van der Waals surface area contributed by atoms with Crippen LogP contribution in [0.1, 0.15) is 39.1 Å². The standard InChI is InChI=1S/C13H25N3O3S/c1-9(2)6-16(7-10(3)4)20(18,19)13-11(5)14-15-12(13)8-17/h9-10,17H,6-8H2,1-5H3,(H,14,15). The molecule has 0 aliphatic carbocycles. The predicted molar refractivity (Wildman–Crippen MR) is 77.7 cm³/mol. The van der Waals surface area contributed by atoms with Gasteiger partial charge in [-0.05, 0) is 18.8 Å². The normalized spacial score (nSPS) is 12.8. The highest BCUT2D eigenvalue weighted by Crippen LogP contribution is 2.24. The largest absolute Gasteiger partial charge is 0.390 e. The van der Waals surface area contributed by atoms with Crippen LogP contribution in [0.15, 0.2) is 4.90 Å². The lowest BCUT2D eigenvalue weighted by molar-refractivity contribution is 0.272. The van der Waals surface area contributed by atoms with Crippen LogP contribution in [0.5, 0.6) is 0 Å². The lowest BCUT2D eigenvalue weighted by Crippen LogP contribution is -2.37. The number of H-pyrrole nitrogens is 1. The first-order valence-corrected chi connectivity index (χ1v) is 8.29. The molecule has 0 unspecified atom stereocenters. The van der Waals surface area contributed by atoms with Gasteiger partial charge in [-0.15, -0.1) is 0 Å². The van der Waals surface area contributed by atoms with Crippen molar-refractivity contribution in [3.05, 3.63) is 11.4 Å². The summed E-state index contributed by atoms with van der Waals surface area (Å²) in [5.41, 5.74) is 0.645. The smallest absolute Gasteiger partial charge is 0.246 e. The van der Waals surface area contributed by atoms with Crippen molar-refractivity contribution in [3.63, 3.8) is 0 Å². The molecule has 6 nitrogen and oxygen atoms in total. The minimum absolute atomic E-state index is 0.112. The fourth-order valence-electron chi connectivity index (χ4n) is 2.13. The van der Waals surface area contributed by atoms with Gasteiger partial charge in [-0.3, -0.25) is 5.10 Å². The summed E-state index contributed by atoms with van der Waals surface area (Å²) in [6, 6.07) is 0. The van der Waals surface area contributed by atoms with Crippen LogP contribution in [0, 0.1) is 18.8 Å². The Morgan fingerprint density at radius 1 is 1.20 bits per heavy atom. The Balaban J connectivity index is 3.24. The molecule has 7 heteroatoms. The summed E-state index contributed by atoms with van der Waals surface area (Å²) in [5.74, 6) is 0.460. The number of aryl methyl sites for hydroxylation is 1. The Morgan fingerprint density at radius 2 is 1.70 bits per heavy atom. The Hall–Kier alpha value is -0.920. The number of aromatic nitrogens is 2. The van der Waals surface area contributed by atoms with Crippen LogP contribution in [0.4, 0.5) is 0 Å². The van der Waals surface area contributed by atoms with Crippen LogP contribution in [0.2, 0.25) is 0 Å². The minimum Gasteiger partial charge on any atom is -0.390 e. The quantitative estimate of drug-likeness (QED) is 0.799. The Labute approximate surface area is 121 Å². The number of aliphatic hydroxyl groups is 1. The first-order chi connectivity index (χ1) is 9.20. The van der Waals surface area contributed by atoms with E-state index in [4.69, 9.17) is 0 Å². The monoisotopic (exact) mass is 303 g/mol. The van der Waals surface area contributed by atoms with E-state index in [2.05, 4.69) is 10.2 Å². The van der Waals surface area contributed by atoms with E-state index >= 15 is 0 Å². The van der Waals surface area contributed by atoms with Gasteiger partial charge in [-0.1, -0.05) is 27.7 Å². The molecule has 0 spiro atoms. The summed E-state index contributed by atoms with van der Waals surface area (Å²) < 4.78 is 27.1. The molecular formula is C13H25N3O3S. The van der Waals surface area contributed by atoms with Crippen molar-refractivity contribution in [2.24, 2.45) is 11.8 Å². The van der Waals surface area contributed by atoms with Crippen molar-refractivity contribution in [2.45, 2.75) is 46.1 Å². The lowest BCUT2D eigenvalue weighted by atomic mass is 10.2. The van der Waals surface area contributed by atoms with Gasteiger partial charge < -0.3 is 5.11 Å². The maximum atomic E-state index is 12.8. The Kier molecular flexibility index (Phi) is 5.73. The first kappa shape index (κ1) is 17.1. The number of hydrogen-bond acceptors (Lipinski definition) is 4. The molecule has 0 saturated carbocycles. The second-order valence-electron chi connectivity index (χ2n) is 5.89.